The van der Waals surface area contributed by atoms with E-state index in [1.807, 2.05) is 19.1 Å². The van der Waals surface area contributed by atoms with Gasteiger partial charge >= 0.3 is 0 Å². The number of aromatic nitrogens is 2. The summed E-state index contributed by atoms with van der Waals surface area (Å²) in [7, 11) is 0. The van der Waals surface area contributed by atoms with Gasteiger partial charge in [-0.05, 0) is 81.3 Å². The Balaban J connectivity index is 1.31. The number of benzene rings is 2. The lowest BCUT2D eigenvalue weighted by molar-refractivity contribution is 0.121. The van der Waals surface area contributed by atoms with Crippen molar-refractivity contribution < 1.29 is 0 Å². The van der Waals surface area contributed by atoms with Crippen molar-refractivity contribution in [3.63, 3.8) is 0 Å². The van der Waals surface area contributed by atoms with Crippen molar-refractivity contribution in [3.05, 3.63) is 58.3 Å². The molecule has 1 aliphatic heterocycles. The van der Waals surface area contributed by atoms with Crippen LogP contribution < -0.4 is 10.6 Å². The predicted molar refractivity (Wildman–Crippen MR) is 158 cm³/mol. The van der Waals surface area contributed by atoms with Gasteiger partial charge in [0.2, 0.25) is 0 Å². The quantitative estimate of drug-likeness (QED) is 0.379. The summed E-state index contributed by atoms with van der Waals surface area (Å²) < 4.78 is 0. The molecule has 7 nitrogen and oxygen atoms in total. The molecule has 3 fully saturated rings. The first kappa shape index (κ1) is 26.0. The Labute approximate surface area is 232 Å². The minimum absolute atomic E-state index is 0.00723. The Hall–Kier alpha value is -3.21. The highest BCUT2D eigenvalue weighted by Crippen LogP contribution is 2.35. The van der Waals surface area contributed by atoms with Crippen LogP contribution in [0, 0.1) is 25.2 Å². The normalized spacial score (nSPS) is 19.7. The predicted octanol–water partition coefficient (Wildman–Crippen LogP) is 5.93. The Morgan fingerprint density at radius 1 is 1.00 bits per heavy atom. The van der Waals surface area contributed by atoms with Gasteiger partial charge < -0.3 is 10.6 Å². The fraction of sp³-hybridized carbons (Fsp3) is 0.531. The molecular weight excluding hydrogens is 482 g/mol. The standard InChI is InChI=1S/C32H41N7/c1-21-24(19-33)7-6-10-28(21)22(2)34-32-30-18-31(35-26-8-4-5-9-26)25(17-29(30)23(3)36-37-32)20-38-13-15-39(16-14-38)27-11-12-27/h6-7,10,17-18,22,26-27,35H,4-5,8-9,11-16,20H2,1-3H3,(H,34,37)/t22-/m1/s1. The average Bonchev–Trinajstić information content (AvgIpc) is 3.67. The zero-order valence-electron chi connectivity index (χ0n) is 23.6. The van der Waals surface area contributed by atoms with E-state index in [4.69, 9.17) is 0 Å². The van der Waals surface area contributed by atoms with Crippen molar-refractivity contribution in [3.8, 4) is 6.07 Å². The third-order valence-electron chi connectivity index (χ3n) is 9.08. The van der Waals surface area contributed by atoms with Gasteiger partial charge in [0.25, 0.3) is 0 Å². The maximum atomic E-state index is 9.51. The summed E-state index contributed by atoms with van der Waals surface area (Å²) in [6.45, 7) is 11.8. The molecule has 3 aliphatic rings. The van der Waals surface area contributed by atoms with E-state index in [0.29, 0.717) is 11.6 Å². The van der Waals surface area contributed by atoms with Crippen molar-refractivity contribution in [2.24, 2.45) is 0 Å². The van der Waals surface area contributed by atoms with Crippen LogP contribution in [0.1, 0.15) is 79.4 Å². The maximum Gasteiger partial charge on any atom is 0.157 e. The fourth-order valence-corrected chi connectivity index (χ4v) is 6.53. The molecule has 0 unspecified atom stereocenters. The SMILES string of the molecule is Cc1c(C#N)cccc1[C@@H](C)Nc1nnc(C)c2cc(CN3CCN(C4CC4)CC3)c(NC3CCCC3)cc12. The van der Waals surface area contributed by atoms with Crippen LogP contribution in [0.25, 0.3) is 10.8 Å². The molecule has 2 heterocycles. The number of hydrogen-bond donors (Lipinski definition) is 2. The van der Waals surface area contributed by atoms with Crippen molar-refractivity contribution in [1.29, 1.82) is 5.26 Å². The maximum absolute atomic E-state index is 9.51. The molecular formula is C32H41N7. The van der Waals surface area contributed by atoms with Crippen LogP contribution in [0.15, 0.2) is 30.3 Å². The molecule has 0 spiro atoms. The molecule has 204 valence electrons. The lowest BCUT2D eigenvalue weighted by Gasteiger charge is -2.35. The van der Waals surface area contributed by atoms with E-state index in [0.717, 1.165) is 59.1 Å². The van der Waals surface area contributed by atoms with Gasteiger partial charge in [0, 0.05) is 61.3 Å². The van der Waals surface area contributed by atoms with Gasteiger partial charge in [-0.3, -0.25) is 9.80 Å². The largest absolute Gasteiger partial charge is 0.382 e. The van der Waals surface area contributed by atoms with Crippen LogP contribution >= 0.6 is 0 Å². The first-order valence-electron chi connectivity index (χ1n) is 14.8. The lowest BCUT2D eigenvalue weighted by atomic mass is 9.98. The smallest absolute Gasteiger partial charge is 0.157 e. The van der Waals surface area contributed by atoms with Crippen LogP contribution in [0.2, 0.25) is 0 Å². The summed E-state index contributed by atoms with van der Waals surface area (Å²) in [6, 6.07) is 14.3. The molecule has 1 saturated heterocycles. The molecule has 1 atom stereocenters. The van der Waals surface area contributed by atoms with E-state index in [2.05, 4.69) is 68.7 Å². The molecule has 0 amide bonds. The number of anilines is 2. The number of piperazine rings is 1. The van der Waals surface area contributed by atoms with Gasteiger partial charge in [0.05, 0.1) is 23.4 Å². The molecule has 2 aliphatic carbocycles. The molecule has 3 aromatic rings. The first-order valence-corrected chi connectivity index (χ1v) is 14.8. The van der Waals surface area contributed by atoms with Crippen LogP contribution in [-0.2, 0) is 6.54 Å². The zero-order valence-corrected chi connectivity index (χ0v) is 23.6. The van der Waals surface area contributed by atoms with E-state index in [9.17, 15) is 5.26 Å². The molecule has 2 aromatic carbocycles. The van der Waals surface area contributed by atoms with Gasteiger partial charge in [-0.2, -0.15) is 10.4 Å². The Kier molecular flexibility index (Phi) is 7.42. The topological polar surface area (TPSA) is 80.1 Å². The van der Waals surface area contributed by atoms with Crippen LogP contribution in [-0.4, -0.2) is 58.3 Å². The highest BCUT2D eigenvalue weighted by molar-refractivity contribution is 5.96. The molecule has 0 bridgehead atoms. The number of nitrogens with zero attached hydrogens (tertiary/aromatic N) is 5. The van der Waals surface area contributed by atoms with E-state index in [1.165, 1.54) is 62.9 Å². The third kappa shape index (κ3) is 5.59. The average molecular weight is 524 g/mol. The highest BCUT2D eigenvalue weighted by atomic mass is 15.3. The summed E-state index contributed by atoms with van der Waals surface area (Å²) >= 11 is 0. The monoisotopic (exact) mass is 523 g/mol. The molecule has 2 saturated carbocycles. The second kappa shape index (κ2) is 11.1. The summed E-state index contributed by atoms with van der Waals surface area (Å²) in [5.41, 5.74) is 6.39. The molecule has 6 rings (SSSR count). The van der Waals surface area contributed by atoms with E-state index in [1.54, 1.807) is 0 Å². The third-order valence-corrected chi connectivity index (χ3v) is 9.08. The summed E-state index contributed by atoms with van der Waals surface area (Å²) in [6.07, 6.45) is 7.86. The van der Waals surface area contributed by atoms with Crippen molar-refractivity contribution >= 4 is 22.3 Å². The van der Waals surface area contributed by atoms with Crippen molar-refractivity contribution in [2.75, 3.05) is 36.8 Å². The van der Waals surface area contributed by atoms with Crippen LogP contribution in [0.4, 0.5) is 11.5 Å². The minimum atomic E-state index is -0.00723. The summed E-state index contributed by atoms with van der Waals surface area (Å²) in [4.78, 5) is 5.30. The van der Waals surface area contributed by atoms with Crippen molar-refractivity contribution in [1.82, 2.24) is 20.0 Å². The lowest BCUT2D eigenvalue weighted by Crippen LogP contribution is -2.46. The van der Waals surface area contributed by atoms with E-state index in [-0.39, 0.29) is 6.04 Å². The number of fused-ring (bicyclic) bond motifs is 1. The Morgan fingerprint density at radius 3 is 2.49 bits per heavy atom. The van der Waals surface area contributed by atoms with Crippen LogP contribution in [0.3, 0.4) is 0 Å². The molecule has 0 radical (unpaired) electrons. The second-order valence-electron chi connectivity index (χ2n) is 11.9. The van der Waals surface area contributed by atoms with Gasteiger partial charge in [-0.25, -0.2) is 0 Å². The number of rotatable bonds is 8. The second-order valence-corrected chi connectivity index (χ2v) is 11.9. The number of nitriles is 1. The summed E-state index contributed by atoms with van der Waals surface area (Å²) in [5, 5.41) is 28.5. The number of nitrogens with one attached hydrogen (secondary N) is 2. The zero-order chi connectivity index (χ0) is 26.9. The molecule has 7 heteroatoms. The Bertz CT molecular complexity index is 1380. The van der Waals surface area contributed by atoms with E-state index >= 15 is 0 Å². The van der Waals surface area contributed by atoms with Crippen molar-refractivity contribution in [2.45, 2.75) is 84.0 Å². The number of hydrogen-bond acceptors (Lipinski definition) is 7. The first-order chi connectivity index (χ1) is 19.0. The molecule has 39 heavy (non-hydrogen) atoms. The summed E-state index contributed by atoms with van der Waals surface area (Å²) in [5.74, 6) is 0.795. The molecule has 2 N–H and O–H groups in total. The fourth-order valence-electron chi connectivity index (χ4n) is 6.53. The molecule has 1 aromatic heterocycles. The van der Waals surface area contributed by atoms with Gasteiger partial charge in [0.15, 0.2) is 5.82 Å². The number of aryl methyl sites for hydroxylation is 1. The highest BCUT2D eigenvalue weighted by Gasteiger charge is 2.31. The Morgan fingerprint density at radius 2 is 1.77 bits per heavy atom. The van der Waals surface area contributed by atoms with Gasteiger partial charge in [-0.1, -0.05) is 25.0 Å². The van der Waals surface area contributed by atoms with Crippen LogP contribution in [0.5, 0.6) is 0 Å². The minimum Gasteiger partial charge on any atom is -0.382 e. The van der Waals surface area contributed by atoms with Gasteiger partial charge in [0.1, 0.15) is 0 Å². The van der Waals surface area contributed by atoms with Gasteiger partial charge in [-0.15, -0.1) is 5.10 Å². The van der Waals surface area contributed by atoms with E-state index < -0.39 is 0 Å².